The van der Waals surface area contributed by atoms with Gasteiger partial charge in [-0.15, -0.1) is 0 Å². The van der Waals surface area contributed by atoms with Gasteiger partial charge in [-0.25, -0.2) is 4.79 Å². The maximum Gasteiger partial charge on any atom is 0.334 e. The van der Waals surface area contributed by atoms with Crippen molar-refractivity contribution in [2.24, 2.45) is 0 Å². The molecule has 94 valence electrons. The molecule has 0 bridgehead atoms. The van der Waals surface area contributed by atoms with Gasteiger partial charge in [0.2, 0.25) is 0 Å². The lowest BCUT2D eigenvalue weighted by Crippen LogP contribution is -2.46. The Hall–Kier alpha value is -0.650. The van der Waals surface area contributed by atoms with Crippen LogP contribution in [0.4, 0.5) is 0 Å². The van der Waals surface area contributed by atoms with Gasteiger partial charge < -0.3 is 14.9 Å². The second kappa shape index (κ2) is 7.60. The predicted octanol–water partition coefficient (Wildman–Crippen LogP) is 0.324. The van der Waals surface area contributed by atoms with Crippen molar-refractivity contribution in [2.45, 2.75) is 31.8 Å². The van der Waals surface area contributed by atoms with Crippen LogP contribution in [0.2, 0.25) is 0 Å². The number of morpholine rings is 1. The van der Waals surface area contributed by atoms with Crippen LogP contribution in [-0.2, 0) is 9.53 Å². The Kier molecular flexibility index (Phi) is 6.37. The van der Waals surface area contributed by atoms with E-state index in [1.807, 2.05) is 0 Å². The van der Waals surface area contributed by atoms with Gasteiger partial charge in [-0.3, -0.25) is 4.90 Å². The van der Waals surface area contributed by atoms with Crippen molar-refractivity contribution in [1.29, 1.82) is 0 Å². The van der Waals surface area contributed by atoms with E-state index in [1.165, 1.54) is 0 Å². The van der Waals surface area contributed by atoms with Gasteiger partial charge in [-0.1, -0.05) is 12.8 Å². The van der Waals surface area contributed by atoms with Gasteiger partial charge in [0, 0.05) is 19.7 Å². The highest BCUT2D eigenvalue weighted by atomic mass is 16.5. The standard InChI is InChI=1S/C11H21NO4/c13-7-4-2-1-3-5-12-6-8-16-10(9-12)11(14)15/h10,13H,1-9H2,(H,14,15). The number of hydrogen-bond donors (Lipinski definition) is 2. The molecule has 2 N–H and O–H groups in total. The molecule has 5 heteroatoms. The zero-order chi connectivity index (χ0) is 11.8. The molecular formula is C11H21NO4. The van der Waals surface area contributed by atoms with Gasteiger partial charge in [0.05, 0.1) is 6.61 Å². The van der Waals surface area contributed by atoms with Crippen LogP contribution in [0.1, 0.15) is 25.7 Å². The first kappa shape index (κ1) is 13.4. The minimum atomic E-state index is -0.870. The maximum atomic E-state index is 10.7. The van der Waals surface area contributed by atoms with Crippen LogP contribution in [-0.4, -0.2) is 60.0 Å². The van der Waals surface area contributed by atoms with Crippen LogP contribution < -0.4 is 0 Å². The molecular weight excluding hydrogens is 210 g/mol. The van der Waals surface area contributed by atoms with Crippen LogP contribution in [0.25, 0.3) is 0 Å². The van der Waals surface area contributed by atoms with Gasteiger partial charge in [0.25, 0.3) is 0 Å². The number of ether oxygens (including phenoxy) is 1. The molecule has 0 radical (unpaired) electrons. The summed E-state index contributed by atoms with van der Waals surface area (Å²) in [6, 6.07) is 0. The minimum absolute atomic E-state index is 0.263. The lowest BCUT2D eigenvalue weighted by molar-refractivity contribution is -0.156. The zero-order valence-corrected chi connectivity index (χ0v) is 9.60. The van der Waals surface area contributed by atoms with E-state index in [0.29, 0.717) is 13.2 Å². The maximum absolute atomic E-state index is 10.7. The van der Waals surface area contributed by atoms with Gasteiger partial charge >= 0.3 is 5.97 Å². The van der Waals surface area contributed by atoms with E-state index in [-0.39, 0.29) is 6.61 Å². The van der Waals surface area contributed by atoms with Crippen LogP contribution in [0.5, 0.6) is 0 Å². The molecule has 0 saturated carbocycles. The lowest BCUT2D eigenvalue weighted by atomic mass is 10.2. The van der Waals surface area contributed by atoms with E-state index in [2.05, 4.69) is 4.90 Å². The summed E-state index contributed by atoms with van der Waals surface area (Å²) in [6.07, 6.45) is 3.40. The topological polar surface area (TPSA) is 70.0 Å². The summed E-state index contributed by atoms with van der Waals surface area (Å²) < 4.78 is 5.14. The first-order valence-corrected chi connectivity index (χ1v) is 5.91. The van der Waals surface area contributed by atoms with Crippen molar-refractivity contribution >= 4 is 5.97 Å². The van der Waals surface area contributed by atoms with E-state index in [1.54, 1.807) is 0 Å². The minimum Gasteiger partial charge on any atom is -0.479 e. The summed E-state index contributed by atoms with van der Waals surface area (Å²) in [6.45, 7) is 3.02. The smallest absolute Gasteiger partial charge is 0.334 e. The lowest BCUT2D eigenvalue weighted by Gasteiger charge is -2.30. The van der Waals surface area contributed by atoms with Gasteiger partial charge in [-0.05, 0) is 19.4 Å². The Bertz CT molecular complexity index is 210. The molecule has 1 aliphatic heterocycles. The summed E-state index contributed by atoms with van der Waals surface area (Å²) in [5.74, 6) is -0.870. The fourth-order valence-corrected chi connectivity index (χ4v) is 1.86. The molecule has 0 aromatic rings. The quantitative estimate of drug-likeness (QED) is 0.618. The molecule has 0 spiro atoms. The normalized spacial score (nSPS) is 22.2. The first-order valence-electron chi connectivity index (χ1n) is 5.91. The molecule has 1 aliphatic rings. The third-order valence-corrected chi connectivity index (χ3v) is 2.81. The van der Waals surface area contributed by atoms with Gasteiger partial charge in [0.15, 0.2) is 6.10 Å². The number of carbonyl (C=O) groups is 1. The Morgan fingerprint density at radius 3 is 2.75 bits per heavy atom. The van der Waals surface area contributed by atoms with Crippen molar-refractivity contribution in [3.8, 4) is 0 Å². The fourth-order valence-electron chi connectivity index (χ4n) is 1.86. The summed E-state index contributed by atoms with van der Waals surface area (Å²) >= 11 is 0. The van der Waals surface area contributed by atoms with Crippen LogP contribution >= 0.6 is 0 Å². The van der Waals surface area contributed by atoms with E-state index >= 15 is 0 Å². The summed E-state index contributed by atoms with van der Waals surface area (Å²) in [7, 11) is 0. The Morgan fingerprint density at radius 1 is 1.31 bits per heavy atom. The Morgan fingerprint density at radius 2 is 2.06 bits per heavy atom. The molecule has 16 heavy (non-hydrogen) atoms. The number of carboxylic acid groups (broad SMARTS) is 1. The number of nitrogens with zero attached hydrogens (tertiary/aromatic N) is 1. The fraction of sp³-hybridized carbons (Fsp3) is 0.909. The third kappa shape index (κ3) is 4.92. The average Bonchev–Trinajstić information content (AvgIpc) is 2.29. The average molecular weight is 231 g/mol. The second-order valence-corrected chi connectivity index (χ2v) is 4.14. The van der Waals surface area contributed by atoms with E-state index in [4.69, 9.17) is 14.9 Å². The number of aliphatic carboxylic acids is 1. The molecule has 0 aliphatic carbocycles. The molecule has 0 aromatic heterocycles. The molecule has 5 nitrogen and oxygen atoms in total. The van der Waals surface area contributed by atoms with E-state index < -0.39 is 12.1 Å². The highest BCUT2D eigenvalue weighted by Crippen LogP contribution is 2.08. The van der Waals surface area contributed by atoms with Gasteiger partial charge in [0.1, 0.15) is 0 Å². The van der Waals surface area contributed by atoms with E-state index in [9.17, 15) is 4.79 Å². The Balaban J connectivity index is 2.10. The SMILES string of the molecule is O=C(O)C1CN(CCCCCCO)CCO1. The van der Waals surface area contributed by atoms with E-state index in [0.717, 1.165) is 38.8 Å². The summed E-state index contributed by atoms with van der Waals surface area (Å²) in [5.41, 5.74) is 0. The van der Waals surface area contributed by atoms with Crippen molar-refractivity contribution in [1.82, 2.24) is 4.90 Å². The molecule has 1 rings (SSSR count). The van der Waals surface area contributed by atoms with Crippen LogP contribution in [0, 0.1) is 0 Å². The second-order valence-electron chi connectivity index (χ2n) is 4.14. The number of aliphatic hydroxyl groups is 1. The largest absolute Gasteiger partial charge is 0.479 e. The molecule has 1 heterocycles. The molecule has 1 atom stereocenters. The highest BCUT2D eigenvalue weighted by Gasteiger charge is 2.25. The van der Waals surface area contributed by atoms with Crippen molar-refractivity contribution in [3.05, 3.63) is 0 Å². The summed E-state index contributed by atoms with van der Waals surface area (Å²) in [5, 5.41) is 17.4. The third-order valence-electron chi connectivity index (χ3n) is 2.81. The van der Waals surface area contributed by atoms with Crippen molar-refractivity contribution in [2.75, 3.05) is 32.8 Å². The van der Waals surface area contributed by atoms with Crippen molar-refractivity contribution in [3.63, 3.8) is 0 Å². The summed E-state index contributed by atoms with van der Waals surface area (Å²) in [4.78, 5) is 12.9. The zero-order valence-electron chi connectivity index (χ0n) is 9.60. The van der Waals surface area contributed by atoms with Gasteiger partial charge in [-0.2, -0.15) is 0 Å². The predicted molar refractivity (Wildman–Crippen MR) is 59.4 cm³/mol. The highest BCUT2D eigenvalue weighted by molar-refractivity contribution is 5.72. The monoisotopic (exact) mass is 231 g/mol. The van der Waals surface area contributed by atoms with Crippen LogP contribution in [0.3, 0.4) is 0 Å². The molecule has 1 saturated heterocycles. The number of hydrogen-bond acceptors (Lipinski definition) is 4. The number of unbranched alkanes of at least 4 members (excludes halogenated alkanes) is 3. The molecule has 1 unspecified atom stereocenters. The number of rotatable bonds is 7. The Labute approximate surface area is 96.0 Å². The molecule has 0 aromatic carbocycles. The van der Waals surface area contributed by atoms with Crippen molar-refractivity contribution < 1.29 is 19.7 Å². The number of aliphatic hydroxyl groups excluding tert-OH is 1. The molecule has 0 amide bonds. The number of carboxylic acids is 1. The molecule has 1 fully saturated rings. The van der Waals surface area contributed by atoms with Crippen LogP contribution in [0.15, 0.2) is 0 Å². The first-order chi connectivity index (χ1) is 7.74.